The Morgan fingerprint density at radius 3 is 2.44 bits per heavy atom. The number of nitrogens with one attached hydrogen (secondary N) is 1. The summed E-state index contributed by atoms with van der Waals surface area (Å²) in [5, 5.41) is 11.5. The van der Waals surface area contributed by atoms with E-state index in [9.17, 15) is 22.8 Å². The predicted molar refractivity (Wildman–Crippen MR) is 90.2 cm³/mol. The number of likely N-dealkylation sites (tertiary alicyclic amines) is 1. The minimum atomic E-state index is -4.66. The molecular weight excluding hydrogens is 365 g/mol. The van der Waals surface area contributed by atoms with Crippen LogP contribution in [-0.4, -0.2) is 59.3 Å². The second kappa shape index (κ2) is 7.61. The molecule has 0 radical (unpaired) electrons. The predicted octanol–water partition coefficient (Wildman–Crippen LogP) is 2.09. The maximum Gasteiger partial charge on any atom is 0.394 e. The van der Waals surface area contributed by atoms with Crippen molar-refractivity contribution in [3.05, 3.63) is 23.9 Å². The van der Waals surface area contributed by atoms with Crippen molar-refractivity contribution in [3.63, 3.8) is 0 Å². The molecule has 0 unspecified atom stereocenters. The van der Waals surface area contributed by atoms with Crippen molar-refractivity contribution in [1.29, 1.82) is 0 Å². The zero-order valence-corrected chi connectivity index (χ0v) is 14.6. The second-order valence-corrected chi connectivity index (χ2v) is 6.88. The van der Waals surface area contributed by atoms with Gasteiger partial charge in [-0.15, -0.1) is 0 Å². The van der Waals surface area contributed by atoms with Gasteiger partial charge in [-0.2, -0.15) is 13.2 Å². The van der Waals surface area contributed by atoms with Crippen LogP contribution in [0.15, 0.2) is 18.3 Å². The van der Waals surface area contributed by atoms with Gasteiger partial charge in [-0.05, 0) is 24.5 Å². The van der Waals surface area contributed by atoms with Crippen molar-refractivity contribution in [2.45, 2.75) is 25.6 Å². The van der Waals surface area contributed by atoms with Gasteiger partial charge in [0.2, 0.25) is 0 Å². The Hall–Kier alpha value is -2.52. The third kappa shape index (κ3) is 4.42. The Bertz CT molecular complexity index is 690. The Labute approximate surface area is 154 Å². The SMILES string of the molecule is O=C(O)[C@@H]1CN(C(=O)NCc2ccc(N3CCCC3)nc2)C[C@H]1C(F)(F)F. The average Bonchev–Trinajstić information content (AvgIpc) is 3.29. The molecule has 0 saturated carbocycles. The molecule has 2 aliphatic heterocycles. The third-order valence-corrected chi connectivity index (χ3v) is 5.03. The van der Waals surface area contributed by atoms with Gasteiger partial charge in [0.15, 0.2) is 0 Å². The molecule has 148 valence electrons. The van der Waals surface area contributed by atoms with Crippen LogP contribution in [0.3, 0.4) is 0 Å². The molecule has 2 aliphatic rings. The van der Waals surface area contributed by atoms with Crippen LogP contribution < -0.4 is 10.2 Å². The molecule has 2 saturated heterocycles. The van der Waals surface area contributed by atoms with Crippen molar-refractivity contribution in [2.75, 3.05) is 31.1 Å². The molecule has 0 spiro atoms. The summed E-state index contributed by atoms with van der Waals surface area (Å²) in [5.41, 5.74) is 0.715. The Morgan fingerprint density at radius 1 is 1.22 bits per heavy atom. The molecule has 0 bridgehead atoms. The molecule has 3 rings (SSSR count). The lowest BCUT2D eigenvalue weighted by Gasteiger charge is -2.19. The van der Waals surface area contributed by atoms with Crippen molar-refractivity contribution in [3.8, 4) is 0 Å². The minimum absolute atomic E-state index is 0.108. The molecule has 2 N–H and O–H groups in total. The lowest BCUT2D eigenvalue weighted by Crippen LogP contribution is -2.39. The van der Waals surface area contributed by atoms with E-state index in [-0.39, 0.29) is 6.54 Å². The Balaban J connectivity index is 1.55. The lowest BCUT2D eigenvalue weighted by atomic mass is 9.96. The zero-order valence-electron chi connectivity index (χ0n) is 14.6. The smallest absolute Gasteiger partial charge is 0.394 e. The van der Waals surface area contributed by atoms with Gasteiger partial charge >= 0.3 is 18.2 Å². The first-order chi connectivity index (χ1) is 12.8. The first-order valence-electron chi connectivity index (χ1n) is 8.78. The standard InChI is InChI=1S/C17H21F3N4O3/c18-17(19,20)13-10-24(9-12(13)15(25)26)16(27)22-8-11-3-4-14(21-7-11)23-5-1-2-6-23/h3-4,7,12-13H,1-2,5-6,8-10H2,(H,22,27)(H,25,26)/t12-,13-/m1/s1. The topological polar surface area (TPSA) is 85.8 Å². The largest absolute Gasteiger partial charge is 0.481 e. The quantitative estimate of drug-likeness (QED) is 0.828. The average molecular weight is 386 g/mol. The van der Waals surface area contributed by atoms with Crippen LogP contribution in [0.1, 0.15) is 18.4 Å². The van der Waals surface area contributed by atoms with E-state index < -0.39 is 43.1 Å². The number of nitrogens with zero attached hydrogens (tertiary/aromatic N) is 3. The molecule has 10 heteroatoms. The number of pyridine rings is 1. The fraction of sp³-hybridized carbons (Fsp3) is 0.588. The number of alkyl halides is 3. The summed E-state index contributed by atoms with van der Waals surface area (Å²) in [4.78, 5) is 30.7. The third-order valence-electron chi connectivity index (χ3n) is 5.03. The van der Waals surface area contributed by atoms with Gasteiger partial charge in [0.1, 0.15) is 5.82 Å². The summed E-state index contributed by atoms with van der Waals surface area (Å²) in [6, 6.07) is 2.95. The summed E-state index contributed by atoms with van der Waals surface area (Å²) in [5.74, 6) is -4.38. The summed E-state index contributed by atoms with van der Waals surface area (Å²) in [7, 11) is 0. The number of urea groups is 1. The lowest BCUT2D eigenvalue weighted by molar-refractivity contribution is -0.187. The van der Waals surface area contributed by atoms with Gasteiger partial charge in [-0.25, -0.2) is 9.78 Å². The number of carbonyl (C=O) groups excluding carboxylic acids is 1. The van der Waals surface area contributed by atoms with E-state index in [0.29, 0.717) is 5.56 Å². The van der Waals surface area contributed by atoms with Crippen molar-refractivity contribution in [1.82, 2.24) is 15.2 Å². The summed E-state index contributed by atoms with van der Waals surface area (Å²) in [6.45, 7) is 0.916. The van der Waals surface area contributed by atoms with Gasteiger partial charge < -0.3 is 20.2 Å². The van der Waals surface area contributed by atoms with Crippen LogP contribution in [0.5, 0.6) is 0 Å². The highest BCUT2D eigenvalue weighted by atomic mass is 19.4. The molecule has 27 heavy (non-hydrogen) atoms. The number of carboxylic acid groups (broad SMARTS) is 1. The van der Waals surface area contributed by atoms with Gasteiger partial charge in [0.25, 0.3) is 0 Å². The van der Waals surface area contributed by atoms with Gasteiger partial charge in [-0.1, -0.05) is 6.07 Å². The zero-order chi connectivity index (χ0) is 19.6. The van der Waals surface area contributed by atoms with E-state index in [0.717, 1.165) is 36.6 Å². The Kier molecular flexibility index (Phi) is 5.43. The summed E-state index contributed by atoms with van der Waals surface area (Å²) < 4.78 is 39.0. The molecule has 2 amide bonds. The number of carbonyl (C=O) groups is 2. The van der Waals surface area contributed by atoms with Gasteiger partial charge in [-0.3, -0.25) is 4.79 Å². The number of anilines is 1. The van der Waals surface area contributed by atoms with Crippen molar-refractivity contribution in [2.24, 2.45) is 11.8 Å². The van der Waals surface area contributed by atoms with E-state index in [1.807, 2.05) is 12.1 Å². The number of amides is 2. The second-order valence-electron chi connectivity index (χ2n) is 6.88. The Morgan fingerprint density at radius 2 is 1.93 bits per heavy atom. The highest BCUT2D eigenvalue weighted by molar-refractivity contribution is 5.77. The molecule has 2 atom stereocenters. The van der Waals surface area contributed by atoms with Crippen LogP contribution in [0.25, 0.3) is 0 Å². The van der Waals surface area contributed by atoms with E-state index in [2.05, 4.69) is 15.2 Å². The molecule has 0 aromatic carbocycles. The monoisotopic (exact) mass is 386 g/mol. The van der Waals surface area contributed by atoms with Crippen LogP contribution in [0, 0.1) is 11.8 Å². The maximum absolute atomic E-state index is 13.0. The van der Waals surface area contributed by atoms with Crippen LogP contribution >= 0.6 is 0 Å². The number of hydrogen-bond donors (Lipinski definition) is 2. The molecular formula is C17H21F3N4O3. The molecule has 2 fully saturated rings. The van der Waals surface area contributed by atoms with Crippen LogP contribution in [0.4, 0.5) is 23.8 Å². The first-order valence-corrected chi connectivity index (χ1v) is 8.78. The number of carboxylic acids is 1. The summed E-state index contributed by atoms with van der Waals surface area (Å²) in [6.07, 6.45) is -0.777. The van der Waals surface area contributed by atoms with Crippen molar-refractivity contribution < 1.29 is 27.9 Å². The van der Waals surface area contributed by atoms with Crippen LogP contribution in [0.2, 0.25) is 0 Å². The van der Waals surface area contributed by atoms with E-state index in [4.69, 9.17) is 5.11 Å². The van der Waals surface area contributed by atoms with E-state index >= 15 is 0 Å². The van der Waals surface area contributed by atoms with E-state index in [1.165, 1.54) is 0 Å². The van der Waals surface area contributed by atoms with Gasteiger partial charge in [0, 0.05) is 38.9 Å². The fourth-order valence-corrected chi connectivity index (χ4v) is 3.50. The maximum atomic E-state index is 13.0. The number of halogens is 3. The van der Waals surface area contributed by atoms with Crippen LogP contribution in [-0.2, 0) is 11.3 Å². The number of aliphatic carboxylic acids is 1. The normalized spacial score (nSPS) is 22.9. The van der Waals surface area contributed by atoms with Crippen molar-refractivity contribution >= 4 is 17.8 Å². The fourth-order valence-electron chi connectivity index (χ4n) is 3.50. The molecule has 1 aromatic heterocycles. The molecule has 1 aromatic rings. The minimum Gasteiger partial charge on any atom is -0.481 e. The molecule has 3 heterocycles. The van der Waals surface area contributed by atoms with E-state index in [1.54, 1.807) is 6.20 Å². The first kappa shape index (κ1) is 19.2. The number of aromatic nitrogens is 1. The molecule has 0 aliphatic carbocycles. The highest BCUT2D eigenvalue weighted by Crippen LogP contribution is 2.37. The highest BCUT2D eigenvalue weighted by Gasteiger charge is 2.53. The van der Waals surface area contributed by atoms with Gasteiger partial charge in [0.05, 0.1) is 11.8 Å². The number of hydrogen-bond acceptors (Lipinski definition) is 4. The number of rotatable bonds is 4. The summed E-state index contributed by atoms with van der Waals surface area (Å²) >= 11 is 0. The molecule has 7 nitrogen and oxygen atoms in total.